The van der Waals surface area contributed by atoms with Gasteiger partial charge >= 0.3 is 0 Å². The fourth-order valence-electron chi connectivity index (χ4n) is 0.743. The number of rotatable bonds is 3. The molecule has 0 radical (unpaired) electrons. The molecule has 0 fully saturated rings. The van der Waals surface area contributed by atoms with Crippen LogP contribution < -0.4 is 5.32 Å². The van der Waals surface area contributed by atoms with E-state index in [1.54, 1.807) is 13.2 Å². The maximum atomic E-state index is 11.1. The van der Waals surface area contributed by atoms with Gasteiger partial charge in [-0.15, -0.1) is 0 Å². The summed E-state index contributed by atoms with van der Waals surface area (Å²) in [5, 5.41) is 2.82. The molecule has 0 aromatic rings. The van der Waals surface area contributed by atoms with Crippen LogP contribution in [0.15, 0.2) is 11.8 Å². The molecule has 0 spiro atoms. The SMILES string of the molecule is CN/C=C(/C)C(=O)C(C)C. The lowest BCUT2D eigenvalue weighted by atomic mass is 10.0. The van der Waals surface area contributed by atoms with E-state index in [2.05, 4.69) is 5.32 Å². The van der Waals surface area contributed by atoms with Crippen molar-refractivity contribution >= 4 is 5.78 Å². The van der Waals surface area contributed by atoms with Gasteiger partial charge in [0.2, 0.25) is 0 Å². The normalized spacial score (nSPS) is 11.9. The first-order valence-electron chi connectivity index (χ1n) is 3.47. The van der Waals surface area contributed by atoms with Crippen molar-refractivity contribution in [2.24, 2.45) is 5.92 Å². The van der Waals surface area contributed by atoms with Gasteiger partial charge in [0.15, 0.2) is 5.78 Å². The minimum atomic E-state index is 0.101. The van der Waals surface area contributed by atoms with Crippen molar-refractivity contribution in [2.45, 2.75) is 20.8 Å². The maximum Gasteiger partial charge on any atom is 0.162 e. The van der Waals surface area contributed by atoms with Gasteiger partial charge in [-0.2, -0.15) is 0 Å². The Balaban J connectivity index is 4.08. The Labute approximate surface area is 62.3 Å². The Morgan fingerprint density at radius 2 is 2.00 bits per heavy atom. The molecule has 0 aliphatic rings. The second-order valence-corrected chi connectivity index (χ2v) is 2.63. The van der Waals surface area contributed by atoms with Crippen LogP contribution in [0.3, 0.4) is 0 Å². The molecule has 0 aromatic carbocycles. The second kappa shape index (κ2) is 4.09. The summed E-state index contributed by atoms with van der Waals surface area (Å²) >= 11 is 0. The molecule has 2 heteroatoms. The monoisotopic (exact) mass is 141 g/mol. The van der Waals surface area contributed by atoms with Gasteiger partial charge in [-0.05, 0) is 6.92 Å². The summed E-state index contributed by atoms with van der Waals surface area (Å²) in [7, 11) is 1.79. The average Bonchev–Trinajstić information content (AvgIpc) is 1.87. The van der Waals surface area contributed by atoms with Crippen LogP contribution >= 0.6 is 0 Å². The van der Waals surface area contributed by atoms with Gasteiger partial charge in [-0.1, -0.05) is 13.8 Å². The van der Waals surface area contributed by atoms with Gasteiger partial charge in [0.1, 0.15) is 0 Å². The number of carbonyl (C=O) groups is 1. The Bertz CT molecular complexity index is 147. The first-order valence-corrected chi connectivity index (χ1v) is 3.47. The van der Waals surface area contributed by atoms with Gasteiger partial charge in [0.05, 0.1) is 0 Å². The molecule has 0 rings (SSSR count). The minimum Gasteiger partial charge on any atom is -0.394 e. The smallest absolute Gasteiger partial charge is 0.162 e. The first kappa shape index (κ1) is 9.21. The number of allylic oxidation sites excluding steroid dienone is 1. The molecule has 0 bridgehead atoms. The van der Waals surface area contributed by atoms with Gasteiger partial charge in [0.25, 0.3) is 0 Å². The van der Waals surface area contributed by atoms with Crippen LogP contribution in [0.4, 0.5) is 0 Å². The fourth-order valence-corrected chi connectivity index (χ4v) is 0.743. The van der Waals surface area contributed by atoms with Gasteiger partial charge in [-0.3, -0.25) is 4.79 Å². The predicted octanol–water partition coefficient (Wildman–Crippen LogP) is 1.33. The minimum absolute atomic E-state index is 0.101. The molecule has 0 amide bonds. The van der Waals surface area contributed by atoms with Crippen LogP contribution in [0.1, 0.15) is 20.8 Å². The lowest BCUT2D eigenvalue weighted by Crippen LogP contribution is -2.10. The summed E-state index contributed by atoms with van der Waals surface area (Å²) in [4.78, 5) is 11.1. The van der Waals surface area contributed by atoms with Crippen LogP contribution in [0.5, 0.6) is 0 Å². The molecule has 0 atom stereocenters. The Kier molecular flexibility index (Phi) is 3.77. The molecule has 0 aliphatic heterocycles. The number of nitrogens with one attached hydrogen (secondary N) is 1. The van der Waals surface area contributed by atoms with Crippen LogP contribution in [-0.4, -0.2) is 12.8 Å². The summed E-state index contributed by atoms with van der Waals surface area (Å²) in [6.07, 6.45) is 1.72. The molecule has 2 nitrogen and oxygen atoms in total. The van der Waals surface area contributed by atoms with Crippen molar-refractivity contribution in [2.75, 3.05) is 7.05 Å². The van der Waals surface area contributed by atoms with Crippen LogP contribution in [0.25, 0.3) is 0 Å². The summed E-state index contributed by atoms with van der Waals surface area (Å²) in [6.45, 7) is 5.61. The summed E-state index contributed by atoms with van der Waals surface area (Å²) < 4.78 is 0. The number of hydrogen-bond acceptors (Lipinski definition) is 2. The topological polar surface area (TPSA) is 29.1 Å². The largest absolute Gasteiger partial charge is 0.394 e. The molecule has 0 heterocycles. The standard InChI is InChI=1S/C8H15NO/c1-6(2)8(10)7(3)5-9-4/h5-6,9H,1-4H3/b7-5-. The van der Waals surface area contributed by atoms with Gasteiger partial charge in [-0.25, -0.2) is 0 Å². The van der Waals surface area contributed by atoms with Crippen molar-refractivity contribution < 1.29 is 4.79 Å². The van der Waals surface area contributed by atoms with E-state index in [9.17, 15) is 4.79 Å². The van der Waals surface area contributed by atoms with Crippen molar-refractivity contribution in [1.29, 1.82) is 0 Å². The molecular weight excluding hydrogens is 126 g/mol. The van der Waals surface area contributed by atoms with E-state index in [1.807, 2.05) is 20.8 Å². The van der Waals surface area contributed by atoms with Crippen LogP contribution in [-0.2, 0) is 4.79 Å². The van der Waals surface area contributed by atoms with E-state index in [1.165, 1.54) is 0 Å². The molecular formula is C8H15NO. The quantitative estimate of drug-likeness (QED) is 0.601. The molecule has 10 heavy (non-hydrogen) atoms. The Morgan fingerprint density at radius 3 is 2.30 bits per heavy atom. The third-order valence-corrected chi connectivity index (χ3v) is 1.27. The molecule has 0 saturated heterocycles. The summed E-state index contributed by atoms with van der Waals surface area (Å²) in [5.74, 6) is 0.305. The molecule has 0 aromatic heterocycles. The highest BCUT2D eigenvalue weighted by atomic mass is 16.1. The third-order valence-electron chi connectivity index (χ3n) is 1.27. The predicted molar refractivity (Wildman–Crippen MR) is 42.7 cm³/mol. The second-order valence-electron chi connectivity index (χ2n) is 2.63. The number of ketones is 1. The summed E-state index contributed by atoms with van der Waals surface area (Å²) in [5.41, 5.74) is 0.789. The fraction of sp³-hybridized carbons (Fsp3) is 0.625. The zero-order valence-corrected chi connectivity index (χ0v) is 7.06. The number of carbonyl (C=O) groups excluding carboxylic acids is 1. The highest BCUT2D eigenvalue weighted by Crippen LogP contribution is 2.02. The first-order chi connectivity index (χ1) is 4.59. The Morgan fingerprint density at radius 1 is 1.50 bits per heavy atom. The zero-order chi connectivity index (χ0) is 8.15. The van der Waals surface area contributed by atoms with Crippen molar-refractivity contribution in [3.05, 3.63) is 11.8 Å². The molecule has 1 N–H and O–H groups in total. The number of hydrogen-bond donors (Lipinski definition) is 1. The van der Waals surface area contributed by atoms with E-state index in [4.69, 9.17) is 0 Å². The van der Waals surface area contributed by atoms with E-state index in [0.717, 1.165) is 5.57 Å². The van der Waals surface area contributed by atoms with Crippen molar-refractivity contribution in [1.82, 2.24) is 5.32 Å². The van der Waals surface area contributed by atoms with E-state index >= 15 is 0 Å². The molecule has 58 valence electrons. The average molecular weight is 141 g/mol. The third kappa shape index (κ3) is 2.67. The number of Topliss-reactive ketones (excluding diaryl/α,β-unsaturated/α-hetero) is 1. The van der Waals surface area contributed by atoms with Crippen molar-refractivity contribution in [3.63, 3.8) is 0 Å². The zero-order valence-electron chi connectivity index (χ0n) is 7.06. The van der Waals surface area contributed by atoms with E-state index < -0.39 is 0 Å². The lowest BCUT2D eigenvalue weighted by molar-refractivity contribution is -0.118. The molecule has 0 aliphatic carbocycles. The van der Waals surface area contributed by atoms with Crippen molar-refractivity contribution in [3.8, 4) is 0 Å². The van der Waals surface area contributed by atoms with Gasteiger partial charge < -0.3 is 5.32 Å². The van der Waals surface area contributed by atoms with Gasteiger partial charge in [0, 0.05) is 24.7 Å². The molecule has 0 saturated carbocycles. The van der Waals surface area contributed by atoms with Crippen LogP contribution in [0, 0.1) is 5.92 Å². The highest BCUT2D eigenvalue weighted by Gasteiger charge is 2.07. The Hall–Kier alpha value is -0.790. The maximum absolute atomic E-state index is 11.1. The summed E-state index contributed by atoms with van der Waals surface area (Å²) in [6, 6.07) is 0. The highest BCUT2D eigenvalue weighted by molar-refractivity contribution is 5.95. The van der Waals surface area contributed by atoms with E-state index in [-0.39, 0.29) is 11.7 Å². The molecule has 0 unspecified atom stereocenters. The van der Waals surface area contributed by atoms with E-state index in [0.29, 0.717) is 0 Å². The van der Waals surface area contributed by atoms with Crippen LogP contribution in [0.2, 0.25) is 0 Å². The lowest BCUT2D eigenvalue weighted by Gasteiger charge is -2.02.